The second-order valence-corrected chi connectivity index (χ2v) is 16.0. The molecule has 14 nitrogen and oxygen atoms in total. The van der Waals surface area contributed by atoms with Gasteiger partial charge in [-0.25, -0.2) is 4.79 Å². The highest BCUT2D eigenvalue weighted by atomic mass is 32.2. The number of hydrogen-bond donors (Lipinski definition) is 3. The topological polar surface area (TPSA) is 169 Å². The summed E-state index contributed by atoms with van der Waals surface area (Å²) in [6.45, 7) is 7.67. The van der Waals surface area contributed by atoms with E-state index in [1.165, 1.54) is 25.8 Å². The molecule has 0 saturated carbocycles. The number of aliphatic hydroxyl groups excluding tert-OH is 1. The second-order valence-electron chi connectivity index (χ2n) is 14.8. The van der Waals surface area contributed by atoms with E-state index >= 15 is 0 Å². The van der Waals surface area contributed by atoms with Crippen LogP contribution in [0.2, 0.25) is 0 Å². The van der Waals surface area contributed by atoms with E-state index in [9.17, 15) is 19.8 Å². The maximum Gasteiger partial charge on any atom is 0.331 e. The molecule has 10 rings (SSSR count). The van der Waals surface area contributed by atoms with E-state index in [1.54, 1.807) is 7.11 Å². The highest BCUT2D eigenvalue weighted by Crippen LogP contribution is 2.65. The summed E-state index contributed by atoms with van der Waals surface area (Å²) >= 11 is 1.47. The third-order valence-electron chi connectivity index (χ3n) is 11.9. The van der Waals surface area contributed by atoms with Gasteiger partial charge in [-0.05, 0) is 73.6 Å². The number of piperazine rings is 1. The van der Waals surface area contributed by atoms with Crippen molar-refractivity contribution in [2.45, 2.75) is 81.7 Å². The van der Waals surface area contributed by atoms with E-state index in [2.05, 4.69) is 5.32 Å². The predicted octanol–water partition coefficient (Wildman–Crippen LogP) is 4.55. The lowest BCUT2D eigenvalue weighted by Gasteiger charge is -2.65. The molecule has 4 bridgehead atoms. The van der Waals surface area contributed by atoms with E-state index < -0.39 is 53.1 Å². The maximum atomic E-state index is 14.8. The van der Waals surface area contributed by atoms with Crippen LogP contribution in [-0.2, 0) is 32.7 Å². The minimum atomic E-state index is -1.31. The van der Waals surface area contributed by atoms with Crippen LogP contribution in [0.3, 0.4) is 0 Å². The Balaban J connectivity index is 1.29. The summed E-state index contributed by atoms with van der Waals surface area (Å²) in [5.41, 5.74) is 4.51. The Morgan fingerprint density at radius 2 is 1.85 bits per heavy atom. The van der Waals surface area contributed by atoms with E-state index in [0.717, 1.165) is 22.3 Å². The van der Waals surface area contributed by atoms with Gasteiger partial charge in [-0.2, -0.15) is 0 Å². The van der Waals surface area contributed by atoms with Crippen LogP contribution in [-0.4, -0.2) is 91.9 Å². The largest absolute Gasteiger partial charge is 0.648 e. The maximum absolute atomic E-state index is 14.8. The lowest BCUT2D eigenvalue weighted by Crippen LogP contribution is -2.64. The number of nitrogens with one attached hydrogen (secondary N) is 1. The van der Waals surface area contributed by atoms with Gasteiger partial charge in [-0.15, -0.1) is 11.8 Å². The van der Waals surface area contributed by atoms with E-state index in [4.69, 9.17) is 38.5 Å². The van der Waals surface area contributed by atoms with Crippen molar-refractivity contribution >= 4 is 23.7 Å². The van der Waals surface area contributed by atoms with Gasteiger partial charge in [0.25, 0.3) is 0 Å². The molecule has 0 aliphatic carbocycles. The molecule has 7 aliphatic rings. The van der Waals surface area contributed by atoms with Crippen LogP contribution in [0.1, 0.15) is 75.7 Å². The van der Waals surface area contributed by atoms with Gasteiger partial charge in [0.1, 0.15) is 12.4 Å². The quantitative estimate of drug-likeness (QED) is 0.244. The fraction of sp³-hybridized carbons (Fsp3) is 0.500. The molecule has 3 aromatic carbocycles. The van der Waals surface area contributed by atoms with Crippen molar-refractivity contribution in [3.63, 3.8) is 0 Å². The zero-order valence-electron chi connectivity index (χ0n) is 31.5. The highest BCUT2D eigenvalue weighted by molar-refractivity contribution is 7.99. The molecule has 2 saturated heterocycles. The Hall–Kier alpha value is -4.41. The first-order valence-corrected chi connectivity index (χ1v) is 19.6. The summed E-state index contributed by atoms with van der Waals surface area (Å²) in [7, 11) is 3.10. The van der Waals surface area contributed by atoms with Gasteiger partial charge in [-0.3, -0.25) is 15.0 Å². The molecule has 7 heterocycles. The van der Waals surface area contributed by atoms with E-state index in [-0.39, 0.29) is 24.9 Å². The fourth-order valence-corrected chi connectivity index (χ4v) is 11.4. The summed E-state index contributed by atoms with van der Waals surface area (Å²) in [5, 5.41) is 32.5. The molecule has 2 unspecified atom stereocenters. The smallest absolute Gasteiger partial charge is 0.331 e. The molecular formula is C40H44N3O11S-. The third-order valence-corrected chi connectivity index (χ3v) is 13.4. The van der Waals surface area contributed by atoms with Gasteiger partial charge in [0.2, 0.25) is 6.79 Å². The Morgan fingerprint density at radius 1 is 1.05 bits per heavy atom. The number of nitrogens with zero attached hydrogens (tertiary/aromatic N) is 2. The Morgan fingerprint density at radius 3 is 2.60 bits per heavy atom. The van der Waals surface area contributed by atoms with Gasteiger partial charge < -0.3 is 48.7 Å². The molecule has 0 amide bonds. The first kappa shape index (κ1) is 36.2. The van der Waals surface area contributed by atoms with Crippen LogP contribution in [0.15, 0.2) is 18.2 Å². The number of aliphatic hydroxyl groups is 1. The summed E-state index contributed by atoms with van der Waals surface area (Å²) in [5.74, 6) is 1.85. The molecule has 292 valence electrons. The van der Waals surface area contributed by atoms with Gasteiger partial charge in [0.15, 0.2) is 40.0 Å². The molecule has 0 radical (unpaired) electrons. The van der Waals surface area contributed by atoms with E-state index in [1.807, 2.05) is 43.9 Å². The first-order valence-electron chi connectivity index (χ1n) is 18.6. The van der Waals surface area contributed by atoms with Crippen molar-refractivity contribution in [1.29, 1.82) is 0 Å². The van der Waals surface area contributed by atoms with Crippen molar-refractivity contribution in [1.82, 2.24) is 10.2 Å². The number of aromatic hydroxyl groups is 1. The van der Waals surface area contributed by atoms with Crippen LogP contribution in [0, 0.1) is 13.8 Å². The molecule has 15 heteroatoms. The lowest BCUT2D eigenvalue weighted by molar-refractivity contribution is -0.160. The summed E-state index contributed by atoms with van der Waals surface area (Å²) < 4.78 is 42.1. The van der Waals surface area contributed by atoms with Crippen LogP contribution >= 0.6 is 11.8 Å². The number of thioether (sulfide) groups is 1. The number of phenols is 1. The van der Waals surface area contributed by atoms with Crippen molar-refractivity contribution in [2.24, 2.45) is 0 Å². The van der Waals surface area contributed by atoms with E-state index in [0.29, 0.717) is 82.7 Å². The van der Waals surface area contributed by atoms with Crippen molar-refractivity contribution in [3.05, 3.63) is 68.0 Å². The van der Waals surface area contributed by atoms with Crippen molar-refractivity contribution in [2.75, 3.05) is 46.5 Å². The number of fused-ring (bicyclic) bond motifs is 9. The SMILES string of the molecule is CCOc1cc2c(cc1OC)[C@@]1(CS[C@@H]3c4c(OC(C)=O)c(C)c5c(c4C(COC1=O)N1C3[C@@H]3[N-][C@@H](Cc4cc(C)c(OC)c(O)c43)[C@@H]1O)OCO5)NCC2. The van der Waals surface area contributed by atoms with Gasteiger partial charge >= 0.3 is 11.9 Å². The number of aryl methyl sites for hydroxylation is 1. The van der Waals surface area contributed by atoms with Crippen LogP contribution in [0.25, 0.3) is 5.32 Å². The number of hydrogen-bond acceptors (Lipinski definition) is 14. The number of carbonyl (C=O) groups excluding carboxylic acids is 2. The Bertz CT molecular complexity index is 2130. The molecule has 3 N–H and O–H groups in total. The van der Waals surface area contributed by atoms with Gasteiger partial charge in [-0.1, -0.05) is 18.2 Å². The zero-order valence-corrected chi connectivity index (χ0v) is 32.3. The molecule has 7 atom stereocenters. The van der Waals surface area contributed by atoms with Crippen molar-refractivity contribution in [3.8, 4) is 40.2 Å². The summed E-state index contributed by atoms with van der Waals surface area (Å²) in [6.07, 6.45) is -0.0698. The minimum Gasteiger partial charge on any atom is -0.648 e. The first-order chi connectivity index (χ1) is 26.5. The monoisotopic (exact) mass is 774 g/mol. The molecule has 7 aliphatic heterocycles. The number of benzene rings is 3. The second kappa shape index (κ2) is 13.4. The fourth-order valence-electron chi connectivity index (χ4n) is 9.74. The zero-order chi connectivity index (χ0) is 38.5. The number of ether oxygens (including phenoxy) is 7. The normalized spacial score (nSPS) is 28.7. The average Bonchev–Trinajstić information content (AvgIpc) is 3.66. The number of phenolic OH excluding ortho intramolecular Hbond substituents is 1. The van der Waals surface area contributed by atoms with Gasteiger partial charge in [0.05, 0.1) is 33.1 Å². The molecule has 3 aromatic rings. The van der Waals surface area contributed by atoms with Crippen LogP contribution < -0.4 is 33.7 Å². The molecular weight excluding hydrogens is 731 g/mol. The standard InChI is InChI=1S/C40H44N3O11S/c1-7-50-26-12-20-8-9-41-40(22(20)13-25(26)48-5)15-55-37-29-28(36-35(52-16-53-36)18(3)34(29)54-19(4)44)24(14-51-39(40)47)43-31(37)30-27-21(11-23(42-30)38(43)46)10-17(2)33(49-6)32(27)45/h10,12-13,23-24,30-31,37-38,41,45-46H,7-9,11,14-16H2,1-6H3/q-1/t23-,24?,30+,31?,37+,38-,40+/m0/s1. The Labute approximate surface area is 322 Å². The molecule has 0 aromatic heterocycles. The number of esters is 2. The average molecular weight is 775 g/mol. The number of rotatable bonds is 5. The van der Waals surface area contributed by atoms with Crippen molar-refractivity contribution < 1.29 is 53.0 Å². The minimum absolute atomic E-state index is 0.00396. The van der Waals surface area contributed by atoms with Crippen LogP contribution in [0.4, 0.5) is 0 Å². The molecule has 2 fully saturated rings. The lowest BCUT2D eigenvalue weighted by atomic mass is 9.74. The number of methoxy groups -OCH3 is 2. The molecule has 1 spiro atoms. The third kappa shape index (κ3) is 5.23. The predicted molar refractivity (Wildman–Crippen MR) is 200 cm³/mol. The summed E-state index contributed by atoms with van der Waals surface area (Å²) in [6, 6.07) is 3.19. The number of carbonyl (C=O) groups is 2. The van der Waals surface area contributed by atoms with Gasteiger partial charge in [0, 0.05) is 47.2 Å². The highest BCUT2D eigenvalue weighted by Gasteiger charge is 2.57. The summed E-state index contributed by atoms with van der Waals surface area (Å²) in [4.78, 5) is 29.6. The molecule has 55 heavy (non-hydrogen) atoms. The Kier molecular flexibility index (Phi) is 8.81. The van der Waals surface area contributed by atoms with Crippen LogP contribution in [0.5, 0.6) is 40.2 Å².